The molecule has 1 saturated heterocycles. The number of H-pyrrole nitrogens is 1. The second-order valence-electron chi connectivity index (χ2n) is 7.50. The van der Waals surface area contributed by atoms with Crippen LogP contribution < -0.4 is 11.3 Å². The van der Waals surface area contributed by atoms with Crippen LogP contribution in [0.1, 0.15) is 42.5 Å². The lowest BCUT2D eigenvalue weighted by Gasteiger charge is -2.29. The van der Waals surface area contributed by atoms with Gasteiger partial charge in [0, 0.05) is 10.8 Å². The number of aryl methyl sites for hydroxylation is 1. The lowest BCUT2D eigenvalue weighted by Crippen LogP contribution is -2.38. The number of fused-ring (bicyclic) bond motifs is 3. The SMILES string of the molecule is C[C@@H]1CCc2c(sc3nc(CN4CCC(C(N)=O)CC4)[nH]c(=O)c23)C1. The van der Waals surface area contributed by atoms with Crippen molar-refractivity contribution in [1.29, 1.82) is 0 Å². The van der Waals surface area contributed by atoms with Crippen LogP contribution in [-0.4, -0.2) is 33.9 Å². The third-order valence-electron chi connectivity index (χ3n) is 5.58. The van der Waals surface area contributed by atoms with Crippen molar-refractivity contribution in [1.82, 2.24) is 14.9 Å². The van der Waals surface area contributed by atoms with Crippen molar-refractivity contribution in [2.75, 3.05) is 13.1 Å². The number of primary amides is 1. The van der Waals surface area contributed by atoms with Gasteiger partial charge in [-0.2, -0.15) is 0 Å². The molecule has 0 bridgehead atoms. The molecular weight excluding hydrogens is 336 g/mol. The second kappa shape index (κ2) is 6.53. The van der Waals surface area contributed by atoms with E-state index in [-0.39, 0.29) is 17.4 Å². The van der Waals surface area contributed by atoms with Crippen LogP contribution in [0.5, 0.6) is 0 Å². The summed E-state index contributed by atoms with van der Waals surface area (Å²) < 4.78 is 0. The molecule has 0 saturated carbocycles. The van der Waals surface area contributed by atoms with E-state index in [1.165, 1.54) is 10.4 Å². The van der Waals surface area contributed by atoms with E-state index >= 15 is 0 Å². The van der Waals surface area contributed by atoms with Gasteiger partial charge in [-0.15, -0.1) is 11.3 Å². The van der Waals surface area contributed by atoms with Crippen LogP contribution in [0.25, 0.3) is 10.2 Å². The third kappa shape index (κ3) is 3.22. The number of hydrogen-bond acceptors (Lipinski definition) is 5. The highest BCUT2D eigenvalue weighted by Crippen LogP contribution is 2.35. The Kier molecular flexibility index (Phi) is 4.37. The van der Waals surface area contributed by atoms with E-state index in [9.17, 15) is 9.59 Å². The molecule has 1 amide bonds. The van der Waals surface area contributed by atoms with Crippen molar-refractivity contribution in [2.45, 2.75) is 45.6 Å². The molecule has 3 N–H and O–H groups in total. The Labute approximate surface area is 150 Å². The van der Waals surface area contributed by atoms with Crippen molar-refractivity contribution >= 4 is 27.5 Å². The molecule has 2 aromatic rings. The number of aromatic amines is 1. The van der Waals surface area contributed by atoms with Crippen LogP contribution in [0.2, 0.25) is 0 Å². The van der Waals surface area contributed by atoms with E-state index in [1.54, 1.807) is 11.3 Å². The van der Waals surface area contributed by atoms with E-state index in [1.807, 2.05) is 0 Å². The topological polar surface area (TPSA) is 92.1 Å². The Morgan fingerprint density at radius 3 is 2.84 bits per heavy atom. The fourth-order valence-electron chi connectivity index (χ4n) is 4.06. The number of amides is 1. The molecule has 4 rings (SSSR count). The number of likely N-dealkylation sites (tertiary alicyclic amines) is 1. The van der Waals surface area contributed by atoms with Gasteiger partial charge in [0.05, 0.1) is 11.9 Å². The van der Waals surface area contributed by atoms with Gasteiger partial charge in [-0.1, -0.05) is 6.92 Å². The molecule has 2 aliphatic rings. The molecule has 6 nitrogen and oxygen atoms in total. The highest BCUT2D eigenvalue weighted by atomic mass is 32.1. The number of carbonyl (C=O) groups is 1. The number of nitrogens with one attached hydrogen (secondary N) is 1. The summed E-state index contributed by atoms with van der Waals surface area (Å²) in [4.78, 5) is 36.1. The quantitative estimate of drug-likeness (QED) is 0.873. The van der Waals surface area contributed by atoms with E-state index in [0.717, 1.165) is 61.2 Å². The summed E-state index contributed by atoms with van der Waals surface area (Å²) in [7, 11) is 0. The van der Waals surface area contributed by atoms with Crippen LogP contribution in [0.3, 0.4) is 0 Å². The monoisotopic (exact) mass is 360 g/mol. The van der Waals surface area contributed by atoms with Gasteiger partial charge in [-0.05, 0) is 56.7 Å². The number of piperidine rings is 1. The Bertz CT molecular complexity index is 864. The highest BCUT2D eigenvalue weighted by molar-refractivity contribution is 7.18. The van der Waals surface area contributed by atoms with Gasteiger partial charge in [0.25, 0.3) is 5.56 Å². The van der Waals surface area contributed by atoms with Crippen molar-refractivity contribution in [3.8, 4) is 0 Å². The highest BCUT2D eigenvalue weighted by Gasteiger charge is 2.25. The van der Waals surface area contributed by atoms with E-state index in [0.29, 0.717) is 12.5 Å². The van der Waals surface area contributed by atoms with Gasteiger partial charge in [-0.25, -0.2) is 4.98 Å². The number of rotatable bonds is 3. The van der Waals surface area contributed by atoms with Crippen molar-refractivity contribution in [2.24, 2.45) is 17.6 Å². The van der Waals surface area contributed by atoms with Crippen LogP contribution in [0, 0.1) is 11.8 Å². The molecule has 1 aliphatic carbocycles. The number of nitrogens with zero attached hydrogens (tertiary/aromatic N) is 2. The van der Waals surface area contributed by atoms with Gasteiger partial charge in [0.15, 0.2) is 0 Å². The zero-order valence-corrected chi connectivity index (χ0v) is 15.3. The molecular formula is C18H24N4O2S. The first-order valence-electron chi connectivity index (χ1n) is 9.06. The number of nitrogens with two attached hydrogens (primary N) is 1. The number of carbonyl (C=O) groups excluding carboxylic acids is 1. The van der Waals surface area contributed by atoms with Crippen LogP contribution in [0.4, 0.5) is 0 Å². The van der Waals surface area contributed by atoms with E-state index in [2.05, 4.69) is 16.8 Å². The molecule has 134 valence electrons. The lowest BCUT2D eigenvalue weighted by atomic mass is 9.89. The zero-order chi connectivity index (χ0) is 17.6. The van der Waals surface area contributed by atoms with E-state index < -0.39 is 0 Å². The van der Waals surface area contributed by atoms with Crippen LogP contribution in [0.15, 0.2) is 4.79 Å². The maximum Gasteiger partial charge on any atom is 0.259 e. The fraction of sp³-hybridized carbons (Fsp3) is 0.611. The van der Waals surface area contributed by atoms with Crippen LogP contribution >= 0.6 is 11.3 Å². The van der Waals surface area contributed by atoms with Crippen molar-refractivity contribution in [3.05, 3.63) is 26.6 Å². The maximum absolute atomic E-state index is 12.6. The predicted molar refractivity (Wildman–Crippen MR) is 98.6 cm³/mol. The molecule has 2 aromatic heterocycles. The third-order valence-corrected chi connectivity index (χ3v) is 6.73. The summed E-state index contributed by atoms with van der Waals surface area (Å²) >= 11 is 1.69. The fourth-order valence-corrected chi connectivity index (χ4v) is 5.46. The van der Waals surface area contributed by atoms with Gasteiger partial charge >= 0.3 is 0 Å². The minimum absolute atomic E-state index is 0.000856. The lowest BCUT2D eigenvalue weighted by molar-refractivity contribution is -0.123. The van der Waals surface area contributed by atoms with Gasteiger partial charge in [0.2, 0.25) is 5.91 Å². The first-order valence-corrected chi connectivity index (χ1v) is 9.88. The Morgan fingerprint density at radius 1 is 1.36 bits per heavy atom. The summed E-state index contributed by atoms with van der Waals surface area (Å²) in [6.45, 7) is 4.52. The Hall–Kier alpha value is -1.73. The standard InChI is InChI=1S/C18H24N4O2S/c1-10-2-3-12-13(8-10)25-18-15(12)17(24)20-14(21-18)9-22-6-4-11(5-7-22)16(19)23/h10-11H,2-9H2,1H3,(H2,19,23)(H,20,21,24)/t10-/m1/s1. The Morgan fingerprint density at radius 2 is 2.12 bits per heavy atom. The Balaban J connectivity index is 1.56. The molecule has 1 aliphatic heterocycles. The summed E-state index contributed by atoms with van der Waals surface area (Å²) in [5.74, 6) is 1.19. The summed E-state index contributed by atoms with van der Waals surface area (Å²) in [5.41, 5.74) is 6.61. The smallest absolute Gasteiger partial charge is 0.259 e. The largest absolute Gasteiger partial charge is 0.369 e. The molecule has 1 atom stereocenters. The number of hydrogen-bond donors (Lipinski definition) is 2. The van der Waals surface area contributed by atoms with Gasteiger partial charge < -0.3 is 10.7 Å². The second-order valence-corrected chi connectivity index (χ2v) is 8.58. The number of aromatic nitrogens is 2. The zero-order valence-electron chi connectivity index (χ0n) is 14.5. The van der Waals surface area contributed by atoms with Gasteiger partial charge in [-0.3, -0.25) is 14.5 Å². The molecule has 3 heterocycles. The normalized spacial score (nSPS) is 22.2. The van der Waals surface area contributed by atoms with Gasteiger partial charge in [0.1, 0.15) is 10.7 Å². The number of thiophene rings is 1. The van der Waals surface area contributed by atoms with Crippen molar-refractivity contribution < 1.29 is 4.79 Å². The minimum atomic E-state index is -0.203. The average Bonchev–Trinajstić information content (AvgIpc) is 2.92. The first kappa shape index (κ1) is 16.7. The molecule has 0 unspecified atom stereocenters. The molecule has 7 heteroatoms. The average molecular weight is 360 g/mol. The minimum Gasteiger partial charge on any atom is -0.369 e. The summed E-state index contributed by atoms with van der Waals surface area (Å²) in [6, 6.07) is 0. The van der Waals surface area contributed by atoms with Crippen molar-refractivity contribution in [3.63, 3.8) is 0 Å². The molecule has 1 fully saturated rings. The predicted octanol–water partition coefficient (Wildman–Crippen LogP) is 1.81. The maximum atomic E-state index is 12.6. The first-order chi connectivity index (χ1) is 12.0. The van der Waals surface area contributed by atoms with Crippen LogP contribution in [-0.2, 0) is 24.2 Å². The molecule has 0 radical (unpaired) electrons. The van der Waals surface area contributed by atoms with E-state index in [4.69, 9.17) is 10.7 Å². The molecule has 0 spiro atoms. The summed E-state index contributed by atoms with van der Waals surface area (Å²) in [5, 5.41) is 0.808. The summed E-state index contributed by atoms with van der Waals surface area (Å²) in [6.07, 6.45) is 4.77. The molecule has 0 aromatic carbocycles. The molecule has 25 heavy (non-hydrogen) atoms.